The number of aryl methyl sites for hydroxylation is 3. The molecule has 23 heavy (non-hydrogen) atoms. The fourth-order valence-corrected chi connectivity index (χ4v) is 3.21. The molecule has 0 spiro atoms. The van der Waals surface area contributed by atoms with Gasteiger partial charge in [0.2, 0.25) is 0 Å². The number of carbonyl (C=O) groups is 1. The molecule has 0 heterocycles. The van der Waals surface area contributed by atoms with Crippen LogP contribution in [-0.2, 0) is 9.84 Å². The minimum absolute atomic E-state index is 0.0196. The Hall–Kier alpha value is -1.85. The van der Waals surface area contributed by atoms with E-state index < -0.39 is 15.8 Å². The average Bonchev–Trinajstić information content (AvgIpc) is 2.41. The Bertz CT molecular complexity index is 862. The number of esters is 1. The third kappa shape index (κ3) is 3.92. The third-order valence-electron chi connectivity index (χ3n) is 3.39. The summed E-state index contributed by atoms with van der Waals surface area (Å²) in [5.74, 6) is -0.225. The summed E-state index contributed by atoms with van der Waals surface area (Å²) in [6.07, 6.45) is 1.07. The highest BCUT2D eigenvalue weighted by Crippen LogP contribution is 2.27. The van der Waals surface area contributed by atoms with E-state index in [4.69, 9.17) is 16.3 Å². The van der Waals surface area contributed by atoms with E-state index in [1.54, 1.807) is 0 Å². The van der Waals surface area contributed by atoms with Crippen LogP contribution < -0.4 is 4.74 Å². The summed E-state index contributed by atoms with van der Waals surface area (Å²) in [4.78, 5) is 12.4. The molecule has 0 saturated heterocycles. The standard InChI is InChI=1S/C17H17ClO4S/c1-10-7-11(2)16(12(3)8-10)22-17(19)14-9-13(23(4,20)21)5-6-15(14)18/h5-9H,1-4H3. The number of rotatable bonds is 3. The van der Waals surface area contributed by atoms with Crippen LogP contribution in [0.1, 0.15) is 27.0 Å². The van der Waals surface area contributed by atoms with E-state index in [0.29, 0.717) is 5.75 Å². The second-order valence-electron chi connectivity index (χ2n) is 5.53. The smallest absolute Gasteiger partial charge is 0.345 e. The van der Waals surface area contributed by atoms with Crippen molar-refractivity contribution in [3.05, 3.63) is 57.6 Å². The van der Waals surface area contributed by atoms with E-state index >= 15 is 0 Å². The van der Waals surface area contributed by atoms with Gasteiger partial charge in [0.25, 0.3) is 0 Å². The summed E-state index contributed by atoms with van der Waals surface area (Å²) < 4.78 is 28.7. The Morgan fingerprint density at radius 2 is 1.61 bits per heavy atom. The molecule has 2 rings (SSSR count). The minimum atomic E-state index is -3.44. The second-order valence-corrected chi connectivity index (χ2v) is 7.95. The van der Waals surface area contributed by atoms with Crippen molar-refractivity contribution in [2.24, 2.45) is 0 Å². The molecule has 0 aliphatic carbocycles. The normalized spacial score (nSPS) is 11.3. The van der Waals surface area contributed by atoms with Gasteiger partial charge in [-0.3, -0.25) is 0 Å². The summed E-state index contributed by atoms with van der Waals surface area (Å²) >= 11 is 6.02. The maximum absolute atomic E-state index is 12.4. The van der Waals surface area contributed by atoms with E-state index in [-0.39, 0.29) is 15.5 Å². The summed E-state index contributed by atoms with van der Waals surface area (Å²) in [6.45, 7) is 5.65. The Morgan fingerprint density at radius 3 is 2.13 bits per heavy atom. The molecular weight excluding hydrogens is 336 g/mol. The molecule has 0 bridgehead atoms. The quantitative estimate of drug-likeness (QED) is 0.621. The zero-order valence-electron chi connectivity index (χ0n) is 13.3. The highest BCUT2D eigenvalue weighted by Gasteiger charge is 2.19. The Balaban J connectivity index is 2.43. The Labute approximate surface area is 141 Å². The van der Waals surface area contributed by atoms with E-state index in [1.807, 2.05) is 32.9 Å². The topological polar surface area (TPSA) is 60.4 Å². The second kappa shape index (κ2) is 6.34. The number of sulfone groups is 1. The highest BCUT2D eigenvalue weighted by atomic mass is 35.5. The van der Waals surface area contributed by atoms with Gasteiger partial charge in [0, 0.05) is 6.26 Å². The number of hydrogen-bond acceptors (Lipinski definition) is 4. The van der Waals surface area contributed by atoms with Crippen LogP contribution in [0, 0.1) is 20.8 Å². The maximum atomic E-state index is 12.4. The van der Waals surface area contributed by atoms with Gasteiger partial charge < -0.3 is 4.74 Å². The van der Waals surface area contributed by atoms with Gasteiger partial charge in [0.05, 0.1) is 15.5 Å². The van der Waals surface area contributed by atoms with Crippen molar-refractivity contribution in [3.8, 4) is 5.75 Å². The summed E-state index contributed by atoms with van der Waals surface area (Å²) in [5, 5.41) is 0.143. The summed E-state index contributed by atoms with van der Waals surface area (Å²) in [7, 11) is -3.44. The molecule has 0 N–H and O–H groups in total. The van der Waals surface area contributed by atoms with Crippen LogP contribution in [0.2, 0.25) is 5.02 Å². The molecule has 0 fully saturated rings. The Kier molecular flexibility index (Phi) is 4.82. The predicted molar refractivity (Wildman–Crippen MR) is 90.2 cm³/mol. The number of halogens is 1. The molecule has 0 radical (unpaired) electrons. The van der Waals surface area contributed by atoms with Crippen molar-refractivity contribution < 1.29 is 17.9 Å². The van der Waals surface area contributed by atoms with Gasteiger partial charge in [0.15, 0.2) is 9.84 Å². The van der Waals surface area contributed by atoms with Crippen LogP contribution in [0.15, 0.2) is 35.2 Å². The molecule has 4 nitrogen and oxygen atoms in total. The number of ether oxygens (including phenoxy) is 1. The molecule has 0 aliphatic rings. The largest absolute Gasteiger partial charge is 0.422 e. The Morgan fingerprint density at radius 1 is 1.04 bits per heavy atom. The van der Waals surface area contributed by atoms with E-state index in [0.717, 1.165) is 22.9 Å². The van der Waals surface area contributed by atoms with E-state index in [9.17, 15) is 13.2 Å². The highest BCUT2D eigenvalue weighted by molar-refractivity contribution is 7.90. The minimum Gasteiger partial charge on any atom is -0.422 e. The molecule has 122 valence electrons. The lowest BCUT2D eigenvalue weighted by atomic mass is 10.1. The monoisotopic (exact) mass is 352 g/mol. The van der Waals surface area contributed by atoms with Crippen molar-refractivity contribution in [1.82, 2.24) is 0 Å². The zero-order valence-corrected chi connectivity index (χ0v) is 14.9. The van der Waals surface area contributed by atoms with Crippen LogP contribution in [0.3, 0.4) is 0 Å². The molecule has 2 aromatic carbocycles. The zero-order chi connectivity index (χ0) is 17.4. The lowest BCUT2D eigenvalue weighted by Gasteiger charge is -2.12. The molecular formula is C17H17ClO4S. The lowest BCUT2D eigenvalue weighted by molar-refractivity contribution is 0.0732. The maximum Gasteiger partial charge on any atom is 0.345 e. The van der Waals surface area contributed by atoms with Crippen molar-refractivity contribution in [1.29, 1.82) is 0 Å². The first-order valence-electron chi connectivity index (χ1n) is 6.89. The number of hydrogen-bond donors (Lipinski definition) is 0. The van der Waals surface area contributed by atoms with Crippen LogP contribution in [0.4, 0.5) is 0 Å². The molecule has 0 atom stereocenters. The molecule has 2 aromatic rings. The molecule has 0 aliphatic heterocycles. The molecule has 0 amide bonds. The van der Waals surface area contributed by atoms with Gasteiger partial charge in [-0.1, -0.05) is 29.3 Å². The molecule has 6 heteroatoms. The number of carbonyl (C=O) groups excluding carboxylic acids is 1. The summed E-state index contributed by atoms with van der Waals surface area (Å²) in [6, 6.07) is 7.79. The lowest BCUT2D eigenvalue weighted by Crippen LogP contribution is -2.12. The first kappa shape index (κ1) is 17.5. The van der Waals surface area contributed by atoms with Crippen molar-refractivity contribution in [3.63, 3.8) is 0 Å². The van der Waals surface area contributed by atoms with Gasteiger partial charge in [-0.25, -0.2) is 13.2 Å². The van der Waals surface area contributed by atoms with Gasteiger partial charge in [-0.05, 0) is 50.1 Å². The fourth-order valence-electron chi connectivity index (χ4n) is 2.37. The van der Waals surface area contributed by atoms with Crippen molar-refractivity contribution in [2.75, 3.05) is 6.26 Å². The van der Waals surface area contributed by atoms with Crippen molar-refractivity contribution in [2.45, 2.75) is 25.7 Å². The predicted octanol–water partition coefficient (Wildman–Crippen LogP) is 3.89. The number of benzene rings is 2. The third-order valence-corrected chi connectivity index (χ3v) is 4.83. The van der Waals surface area contributed by atoms with Crippen LogP contribution in [0.25, 0.3) is 0 Å². The van der Waals surface area contributed by atoms with Crippen LogP contribution in [0.5, 0.6) is 5.75 Å². The van der Waals surface area contributed by atoms with Crippen LogP contribution in [-0.4, -0.2) is 20.6 Å². The van der Waals surface area contributed by atoms with Gasteiger partial charge in [0.1, 0.15) is 5.75 Å². The van der Waals surface area contributed by atoms with Gasteiger partial charge >= 0.3 is 5.97 Å². The van der Waals surface area contributed by atoms with Gasteiger partial charge in [-0.2, -0.15) is 0 Å². The molecule has 0 saturated carbocycles. The van der Waals surface area contributed by atoms with E-state index in [1.165, 1.54) is 18.2 Å². The average molecular weight is 353 g/mol. The van der Waals surface area contributed by atoms with Crippen LogP contribution >= 0.6 is 11.6 Å². The first-order chi connectivity index (χ1) is 10.6. The molecule has 0 unspecified atom stereocenters. The van der Waals surface area contributed by atoms with E-state index in [2.05, 4.69) is 0 Å². The van der Waals surface area contributed by atoms with Gasteiger partial charge in [-0.15, -0.1) is 0 Å². The fraction of sp³-hybridized carbons (Fsp3) is 0.235. The summed E-state index contributed by atoms with van der Waals surface area (Å²) in [5.41, 5.74) is 2.74. The molecule has 0 aromatic heterocycles. The van der Waals surface area contributed by atoms with Crippen molar-refractivity contribution >= 4 is 27.4 Å². The first-order valence-corrected chi connectivity index (χ1v) is 9.16. The SMILES string of the molecule is Cc1cc(C)c(OC(=O)c2cc(S(C)(=O)=O)ccc2Cl)c(C)c1.